The summed E-state index contributed by atoms with van der Waals surface area (Å²) in [5.41, 5.74) is 0.663. The van der Waals surface area contributed by atoms with Gasteiger partial charge in [-0.3, -0.25) is 4.79 Å². The summed E-state index contributed by atoms with van der Waals surface area (Å²) in [5, 5.41) is 3.05. The minimum atomic E-state index is -0.986. The standard InChI is InChI=1S/C17H15ClFNO3/c1-23-17(22)15(10-12-4-2-3-5-14(12)19)20-16(21)11-6-8-13(18)9-7-11/h2-9,15H,10H2,1H3,(H,20,21)/t15-/m0/s1. The molecule has 0 saturated carbocycles. The topological polar surface area (TPSA) is 55.4 Å². The van der Waals surface area contributed by atoms with Gasteiger partial charge in [0.1, 0.15) is 11.9 Å². The molecule has 2 rings (SSSR count). The smallest absolute Gasteiger partial charge is 0.328 e. The van der Waals surface area contributed by atoms with Gasteiger partial charge in [0.15, 0.2) is 0 Å². The van der Waals surface area contributed by atoms with E-state index >= 15 is 0 Å². The van der Waals surface area contributed by atoms with E-state index in [1.165, 1.54) is 25.3 Å². The van der Waals surface area contributed by atoms with E-state index in [-0.39, 0.29) is 6.42 Å². The summed E-state index contributed by atoms with van der Waals surface area (Å²) in [6.45, 7) is 0. The number of nitrogens with one attached hydrogen (secondary N) is 1. The van der Waals surface area contributed by atoms with Crippen LogP contribution in [0.1, 0.15) is 15.9 Å². The number of hydrogen-bond donors (Lipinski definition) is 1. The van der Waals surface area contributed by atoms with Crippen molar-refractivity contribution in [2.75, 3.05) is 7.11 Å². The molecular weight excluding hydrogens is 321 g/mol. The fraction of sp³-hybridized carbons (Fsp3) is 0.176. The molecule has 0 spiro atoms. The highest BCUT2D eigenvalue weighted by molar-refractivity contribution is 6.30. The maximum Gasteiger partial charge on any atom is 0.328 e. The van der Waals surface area contributed by atoms with Gasteiger partial charge in [-0.1, -0.05) is 29.8 Å². The Morgan fingerprint density at radius 3 is 2.43 bits per heavy atom. The fourth-order valence-corrected chi connectivity index (χ4v) is 2.19. The zero-order valence-corrected chi connectivity index (χ0v) is 13.1. The molecule has 1 N–H and O–H groups in total. The van der Waals surface area contributed by atoms with Gasteiger partial charge in [-0.25, -0.2) is 9.18 Å². The predicted octanol–water partition coefficient (Wildman–Crippen LogP) is 2.99. The summed E-state index contributed by atoms with van der Waals surface area (Å²) < 4.78 is 18.4. The Kier molecular flexibility index (Phi) is 5.71. The molecule has 0 aromatic heterocycles. The van der Waals surface area contributed by atoms with Gasteiger partial charge in [-0.2, -0.15) is 0 Å². The molecule has 23 heavy (non-hydrogen) atoms. The Balaban J connectivity index is 2.16. The lowest BCUT2D eigenvalue weighted by molar-refractivity contribution is -0.142. The van der Waals surface area contributed by atoms with Crippen LogP contribution in [0.3, 0.4) is 0 Å². The molecule has 0 fully saturated rings. The van der Waals surface area contributed by atoms with E-state index in [4.69, 9.17) is 11.6 Å². The van der Waals surface area contributed by atoms with Crippen molar-refractivity contribution in [2.45, 2.75) is 12.5 Å². The van der Waals surface area contributed by atoms with Crippen molar-refractivity contribution in [1.82, 2.24) is 5.32 Å². The van der Waals surface area contributed by atoms with E-state index in [1.807, 2.05) is 0 Å². The second kappa shape index (κ2) is 7.74. The second-order valence-corrected chi connectivity index (χ2v) is 5.29. The number of ether oxygens (including phenoxy) is 1. The van der Waals surface area contributed by atoms with Gasteiger partial charge in [0.2, 0.25) is 0 Å². The Labute approximate surface area is 138 Å². The van der Waals surface area contributed by atoms with E-state index < -0.39 is 23.7 Å². The number of methoxy groups -OCH3 is 1. The molecular formula is C17H15ClFNO3. The number of amides is 1. The molecule has 0 unspecified atom stereocenters. The van der Waals surface area contributed by atoms with Gasteiger partial charge >= 0.3 is 5.97 Å². The lowest BCUT2D eigenvalue weighted by atomic mass is 10.0. The van der Waals surface area contributed by atoms with Gasteiger partial charge in [0, 0.05) is 17.0 Å². The molecule has 120 valence electrons. The van der Waals surface area contributed by atoms with Crippen molar-refractivity contribution in [2.24, 2.45) is 0 Å². The van der Waals surface area contributed by atoms with Crippen LogP contribution in [0, 0.1) is 5.82 Å². The Morgan fingerprint density at radius 1 is 1.17 bits per heavy atom. The Bertz CT molecular complexity index is 703. The van der Waals surface area contributed by atoms with E-state index in [9.17, 15) is 14.0 Å². The number of carbonyl (C=O) groups excluding carboxylic acids is 2. The molecule has 0 radical (unpaired) electrons. The van der Waals surface area contributed by atoms with Crippen molar-refractivity contribution >= 4 is 23.5 Å². The average Bonchev–Trinajstić information content (AvgIpc) is 2.56. The number of hydrogen-bond acceptors (Lipinski definition) is 3. The number of halogens is 2. The number of benzene rings is 2. The number of carbonyl (C=O) groups is 2. The molecule has 0 saturated heterocycles. The van der Waals surface area contributed by atoms with Gasteiger partial charge < -0.3 is 10.1 Å². The molecule has 6 heteroatoms. The Morgan fingerprint density at radius 2 is 1.83 bits per heavy atom. The van der Waals surface area contributed by atoms with E-state index in [2.05, 4.69) is 10.1 Å². The zero-order chi connectivity index (χ0) is 16.8. The molecule has 1 amide bonds. The summed E-state index contributed by atoms with van der Waals surface area (Å²) >= 11 is 5.77. The van der Waals surface area contributed by atoms with Crippen LogP contribution in [0.4, 0.5) is 4.39 Å². The third-order valence-electron chi connectivity index (χ3n) is 3.28. The fourth-order valence-electron chi connectivity index (χ4n) is 2.06. The van der Waals surface area contributed by atoms with Crippen molar-refractivity contribution in [3.8, 4) is 0 Å². The maximum absolute atomic E-state index is 13.7. The monoisotopic (exact) mass is 335 g/mol. The van der Waals surface area contributed by atoms with Crippen molar-refractivity contribution in [3.63, 3.8) is 0 Å². The van der Waals surface area contributed by atoms with Crippen LogP contribution in [-0.2, 0) is 16.0 Å². The summed E-state index contributed by atoms with van der Waals surface area (Å²) in [4.78, 5) is 24.1. The summed E-state index contributed by atoms with van der Waals surface area (Å²) in [5.74, 6) is -1.55. The van der Waals surface area contributed by atoms with Crippen LogP contribution in [0.2, 0.25) is 5.02 Å². The van der Waals surface area contributed by atoms with E-state index in [0.717, 1.165) is 0 Å². The average molecular weight is 336 g/mol. The van der Waals surface area contributed by atoms with Crippen LogP contribution >= 0.6 is 11.6 Å². The highest BCUT2D eigenvalue weighted by Crippen LogP contribution is 2.12. The van der Waals surface area contributed by atoms with Crippen LogP contribution in [-0.4, -0.2) is 25.0 Å². The minimum Gasteiger partial charge on any atom is -0.467 e. The van der Waals surface area contributed by atoms with Gasteiger partial charge in [-0.05, 0) is 35.9 Å². The first-order valence-electron chi connectivity index (χ1n) is 6.89. The third kappa shape index (κ3) is 4.53. The first-order chi connectivity index (χ1) is 11.0. The second-order valence-electron chi connectivity index (χ2n) is 4.85. The molecule has 1 atom stereocenters. The lowest BCUT2D eigenvalue weighted by Crippen LogP contribution is -2.43. The molecule has 2 aromatic rings. The molecule has 0 bridgehead atoms. The third-order valence-corrected chi connectivity index (χ3v) is 3.53. The molecule has 2 aromatic carbocycles. The Hall–Kier alpha value is -2.40. The molecule has 4 nitrogen and oxygen atoms in total. The van der Waals surface area contributed by atoms with E-state index in [0.29, 0.717) is 16.1 Å². The molecule has 0 aliphatic heterocycles. The SMILES string of the molecule is COC(=O)[C@H](Cc1ccccc1F)NC(=O)c1ccc(Cl)cc1. The van der Waals surface area contributed by atoms with Gasteiger partial charge in [0.25, 0.3) is 5.91 Å². The van der Waals surface area contributed by atoms with Crippen LogP contribution in [0.5, 0.6) is 0 Å². The zero-order valence-electron chi connectivity index (χ0n) is 12.4. The van der Waals surface area contributed by atoms with E-state index in [1.54, 1.807) is 30.3 Å². The van der Waals surface area contributed by atoms with Gasteiger partial charge in [0.05, 0.1) is 7.11 Å². The lowest BCUT2D eigenvalue weighted by Gasteiger charge is -2.17. The summed E-state index contributed by atoms with van der Waals surface area (Å²) in [6, 6.07) is 11.3. The molecule has 0 heterocycles. The van der Waals surface area contributed by atoms with Crippen LogP contribution in [0.25, 0.3) is 0 Å². The quantitative estimate of drug-likeness (QED) is 0.855. The number of rotatable bonds is 5. The van der Waals surface area contributed by atoms with Crippen molar-refractivity contribution in [1.29, 1.82) is 0 Å². The maximum atomic E-state index is 13.7. The normalized spacial score (nSPS) is 11.6. The van der Waals surface area contributed by atoms with Crippen LogP contribution < -0.4 is 5.32 Å². The first kappa shape index (κ1) is 17.0. The highest BCUT2D eigenvalue weighted by Gasteiger charge is 2.23. The summed E-state index contributed by atoms with van der Waals surface area (Å²) in [6.07, 6.45) is -0.00131. The highest BCUT2D eigenvalue weighted by atomic mass is 35.5. The van der Waals surface area contributed by atoms with Crippen molar-refractivity contribution in [3.05, 3.63) is 70.5 Å². The molecule has 0 aliphatic rings. The largest absolute Gasteiger partial charge is 0.467 e. The van der Waals surface area contributed by atoms with Gasteiger partial charge in [-0.15, -0.1) is 0 Å². The van der Waals surface area contributed by atoms with Crippen molar-refractivity contribution < 1.29 is 18.7 Å². The predicted molar refractivity (Wildman–Crippen MR) is 84.8 cm³/mol. The molecule has 0 aliphatic carbocycles. The van der Waals surface area contributed by atoms with Crippen LogP contribution in [0.15, 0.2) is 48.5 Å². The summed E-state index contributed by atoms with van der Waals surface area (Å²) in [7, 11) is 1.21. The number of esters is 1. The first-order valence-corrected chi connectivity index (χ1v) is 7.26. The minimum absolute atomic E-state index is 0.00131.